The van der Waals surface area contributed by atoms with Gasteiger partial charge in [-0.15, -0.1) is 0 Å². The number of nitrogens with zero attached hydrogens (tertiary/aromatic N) is 1. The van der Waals surface area contributed by atoms with Crippen LogP contribution < -0.4 is 10.6 Å². The fraction of sp³-hybridized carbons (Fsp3) is 0.588. The standard InChI is InChI=1S/C17H27N3O/c1-13(2)14-6-8-15(9-7-14)19-17(21)12-20-10-4-5-16(11-20)18-3/h6-9,13,16,18H,4-5,10-12H2,1-3H3,(H,19,21). The Balaban J connectivity index is 1.83. The zero-order valence-corrected chi connectivity index (χ0v) is 13.4. The fourth-order valence-electron chi connectivity index (χ4n) is 2.79. The van der Waals surface area contributed by atoms with Gasteiger partial charge in [-0.3, -0.25) is 9.69 Å². The first-order chi connectivity index (χ1) is 10.1. The van der Waals surface area contributed by atoms with Crippen LogP contribution in [-0.2, 0) is 4.79 Å². The van der Waals surface area contributed by atoms with Crippen LogP contribution in [0.2, 0.25) is 0 Å². The van der Waals surface area contributed by atoms with Crippen molar-refractivity contribution in [3.05, 3.63) is 29.8 Å². The highest BCUT2D eigenvalue weighted by Gasteiger charge is 2.20. The third kappa shape index (κ3) is 4.83. The summed E-state index contributed by atoms with van der Waals surface area (Å²) in [5.41, 5.74) is 2.17. The lowest BCUT2D eigenvalue weighted by atomic mass is 10.0. The van der Waals surface area contributed by atoms with Gasteiger partial charge in [0.1, 0.15) is 0 Å². The predicted octanol–water partition coefficient (Wildman–Crippen LogP) is 2.43. The molecule has 1 amide bonds. The van der Waals surface area contributed by atoms with Crippen molar-refractivity contribution in [2.75, 3.05) is 32.0 Å². The van der Waals surface area contributed by atoms with Crippen molar-refractivity contribution >= 4 is 11.6 Å². The lowest BCUT2D eigenvalue weighted by Crippen LogP contribution is -2.46. The monoisotopic (exact) mass is 289 g/mol. The fourth-order valence-corrected chi connectivity index (χ4v) is 2.79. The smallest absolute Gasteiger partial charge is 0.238 e. The van der Waals surface area contributed by atoms with E-state index in [0.29, 0.717) is 18.5 Å². The van der Waals surface area contributed by atoms with Gasteiger partial charge in [0.15, 0.2) is 0 Å². The molecule has 1 aliphatic rings. The van der Waals surface area contributed by atoms with Gasteiger partial charge in [0.25, 0.3) is 0 Å². The molecule has 1 aromatic rings. The Kier molecular flexibility index (Phi) is 5.76. The maximum Gasteiger partial charge on any atom is 0.238 e. The third-order valence-electron chi connectivity index (χ3n) is 4.14. The zero-order chi connectivity index (χ0) is 15.2. The van der Waals surface area contributed by atoms with E-state index in [0.717, 1.165) is 25.2 Å². The maximum atomic E-state index is 12.1. The van der Waals surface area contributed by atoms with Gasteiger partial charge in [0.05, 0.1) is 6.54 Å². The van der Waals surface area contributed by atoms with Crippen molar-refractivity contribution in [3.63, 3.8) is 0 Å². The number of benzene rings is 1. The molecule has 1 unspecified atom stereocenters. The number of nitrogens with one attached hydrogen (secondary N) is 2. The summed E-state index contributed by atoms with van der Waals surface area (Å²) in [7, 11) is 1.99. The molecular formula is C17H27N3O. The van der Waals surface area contributed by atoms with Crippen LogP contribution in [0.15, 0.2) is 24.3 Å². The number of likely N-dealkylation sites (N-methyl/N-ethyl adjacent to an activating group) is 1. The molecule has 1 aliphatic heterocycles. The summed E-state index contributed by atoms with van der Waals surface area (Å²) >= 11 is 0. The van der Waals surface area contributed by atoms with Gasteiger partial charge in [0, 0.05) is 18.3 Å². The molecule has 4 heteroatoms. The molecule has 0 spiro atoms. The molecule has 1 fully saturated rings. The average Bonchev–Trinajstić information content (AvgIpc) is 2.47. The van der Waals surface area contributed by atoms with Crippen molar-refractivity contribution in [2.45, 2.75) is 38.6 Å². The number of likely N-dealkylation sites (tertiary alicyclic amines) is 1. The number of carbonyl (C=O) groups excluding carboxylic acids is 1. The minimum atomic E-state index is 0.0732. The summed E-state index contributed by atoms with van der Waals surface area (Å²) in [5.74, 6) is 0.589. The minimum Gasteiger partial charge on any atom is -0.325 e. The summed E-state index contributed by atoms with van der Waals surface area (Å²) in [6.45, 7) is 6.78. The SMILES string of the molecule is CNC1CCCN(CC(=O)Nc2ccc(C(C)C)cc2)C1. The van der Waals surface area contributed by atoms with Crippen LogP contribution in [0.1, 0.15) is 38.2 Å². The van der Waals surface area contributed by atoms with Crippen molar-refractivity contribution in [1.82, 2.24) is 10.2 Å². The number of carbonyl (C=O) groups is 1. The van der Waals surface area contributed by atoms with Crippen molar-refractivity contribution in [3.8, 4) is 0 Å². The van der Waals surface area contributed by atoms with E-state index in [1.165, 1.54) is 12.0 Å². The number of rotatable bonds is 5. The molecule has 0 saturated carbocycles. The number of anilines is 1. The molecule has 21 heavy (non-hydrogen) atoms. The second-order valence-electron chi connectivity index (χ2n) is 6.19. The molecule has 2 N–H and O–H groups in total. The number of hydrogen-bond acceptors (Lipinski definition) is 3. The molecule has 1 heterocycles. The second-order valence-corrected chi connectivity index (χ2v) is 6.19. The summed E-state index contributed by atoms with van der Waals surface area (Å²) in [6.07, 6.45) is 2.35. The molecule has 1 atom stereocenters. The molecular weight excluding hydrogens is 262 g/mol. The van der Waals surface area contributed by atoms with E-state index in [4.69, 9.17) is 0 Å². The molecule has 0 radical (unpaired) electrons. The van der Waals surface area contributed by atoms with Crippen LogP contribution in [0.3, 0.4) is 0 Å². The van der Waals surface area contributed by atoms with E-state index >= 15 is 0 Å². The molecule has 4 nitrogen and oxygen atoms in total. The molecule has 1 saturated heterocycles. The van der Waals surface area contributed by atoms with Gasteiger partial charge in [-0.05, 0) is 50.0 Å². The van der Waals surface area contributed by atoms with Crippen LogP contribution in [0, 0.1) is 0 Å². The Labute approximate surface area is 127 Å². The molecule has 0 bridgehead atoms. The van der Waals surface area contributed by atoms with Crippen molar-refractivity contribution < 1.29 is 4.79 Å². The maximum absolute atomic E-state index is 12.1. The Morgan fingerprint density at radius 3 is 2.67 bits per heavy atom. The first-order valence-corrected chi connectivity index (χ1v) is 7.88. The highest BCUT2D eigenvalue weighted by Crippen LogP contribution is 2.17. The highest BCUT2D eigenvalue weighted by molar-refractivity contribution is 5.92. The molecule has 0 aromatic heterocycles. The van der Waals surface area contributed by atoms with Gasteiger partial charge in [0.2, 0.25) is 5.91 Å². The third-order valence-corrected chi connectivity index (χ3v) is 4.14. The Hall–Kier alpha value is -1.39. The minimum absolute atomic E-state index is 0.0732. The largest absolute Gasteiger partial charge is 0.325 e. The summed E-state index contributed by atoms with van der Waals surface area (Å²) < 4.78 is 0. The lowest BCUT2D eigenvalue weighted by Gasteiger charge is -2.31. The molecule has 1 aromatic carbocycles. The van der Waals surface area contributed by atoms with Crippen LogP contribution in [0.4, 0.5) is 5.69 Å². The van der Waals surface area contributed by atoms with Gasteiger partial charge < -0.3 is 10.6 Å². The van der Waals surface area contributed by atoms with Crippen molar-refractivity contribution in [2.24, 2.45) is 0 Å². The van der Waals surface area contributed by atoms with Crippen LogP contribution >= 0.6 is 0 Å². The van der Waals surface area contributed by atoms with Crippen LogP contribution in [0.5, 0.6) is 0 Å². The van der Waals surface area contributed by atoms with Gasteiger partial charge >= 0.3 is 0 Å². The van der Waals surface area contributed by atoms with Gasteiger partial charge in [-0.1, -0.05) is 26.0 Å². The van der Waals surface area contributed by atoms with Gasteiger partial charge in [-0.2, -0.15) is 0 Å². The summed E-state index contributed by atoms with van der Waals surface area (Å²) in [4.78, 5) is 14.3. The molecule has 2 rings (SSSR count). The highest BCUT2D eigenvalue weighted by atomic mass is 16.2. The number of hydrogen-bond donors (Lipinski definition) is 2. The zero-order valence-electron chi connectivity index (χ0n) is 13.4. The number of amides is 1. The van der Waals surface area contributed by atoms with E-state index in [2.05, 4.69) is 41.5 Å². The Bertz CT molecular complexity index is 456. The van der Waals surface area contributed by atoms with E-state index in [9.17, 15) is 4.79 Å². The average molecular weight is 289 g/mol. The summed E-state index contributed by atoms with van der Waals surface area (Å²) in [5, 5.41) is 6.29. The Morgan fingerprint density at radius 2 is 2.05 bits per heavy atom. The summed E-state index contributed by atoms with van der Waals surface area (Å²) in [6, 6.07) is 8.65. The Morgan fingerprint density at radius 1 is 1.33 bits per heavy atom. The van der Waals surface area contributed by atoms with Crippen molar-refractivity contribution in [1.29, 1.82) is 0 Å². The lowest BCUT2D eigenvalue weighted by molar-refractivity contribution is -0.117. The normalized spacial score (nSPS) is 19.7. The van der Waals surface area contributed by atoms with Gasteiger partial charge in [-0.25, -0.2) is 0 Å². The first kappa shape index (κ1) is 16.0. The van der Waals surface area contributed by atoms with E-state index in [1.54, 1.807) is 0 Å². The van der Waals surface area contributed by atoms with Crippen LogP contribution in [-0.4, -0.2) is 43.5 Å². The number of piperidine rings is 1. The van der Waals surface area contributed by atoms with E-state index in [-0.39, 0.29) is 5.91 Å². The molecule has 116 valence electrons. The quantitative estimate of drug-likeness (QED) is 0.875. The topological polar surface area (TPSA) is 44.4 Å². The van der Waals surface area contributed by atoms with Crippen LogP contribution in [0.25, 0.3) is 0 Å². The molecule has 0 aliphatic carbocycles. The first-order valence-electron chi connectivity index (χ1n) is 7.88. The van der Waals surface area contributed by atoms with E-state index < -0.39 is 0 Å². The predicted molar refractivity (Wildman–Crippen MR) is 87.7 cm³/mol. The van der Waals surface area contributed by atoms with E-state index in [1.807, 2.05) is 19.2 Å². The second kappa shape index (κ2) is 7.57.